The second-order valence-electron chi connectivity index (χ2n) is 8.84. The van der Waals surface area contributed by atoms with Crippen LogP contribution in [0.5, 0.6) is 5.75 Å². The third-order valence-electron chi connectivity index (χ3n) is 6.58. The van der Waals surface area contributed by atoms with Gasteiger partial charge in [0.2, 0.25) is 0 Å². The largest absolute Gasteiger partial charge is 0.487 e. The number of para-hydroxylation sites is 1. The average molecular weight is 560 g/mol. The number of benzene rings is 1. The molecule has 1 unspecified atom stereocenters. The molecule has 3 aromatic rings. The quantitative estimate of drug-likeness (QED) is 0.198. The third kappa shape index (κ3) is 5.26. The van der Waals surface area contributed by atoms with Crippen LogP contribution in [-0.2, 0) is 6.42 Å². The second-order valence-corrected chi connectivity index (χ2v) is 8.84. The minimum Gasteiger partial charge on any atom is -0.487 e. The summed E-state index contributed by atoms with van der Waals surface area (Å²) in [7, 11) is 0. The molecule has 1 aliphatic carbocycles. The number of halogens is 1. The fraction of sp³-hybridized carbons (Fsp3) is 0.480. The first kappa shape index (κ1) is 23.8. The van der Waals surface area contributed by atoms with E-state index in [4.69, 9.17) is 9.73 Å². The Labute approximate surface area is 212 Å². The predicted octanol–water partition coefficient (Wildman–Crippen LogP) is 4.67. The van der Waals surface area contributed by atoms with Crippen LogP contribution in [-0.4, -0.2) is 39.2 Å². The highest BCUT2D eigenvalue weighted by atomic mass is 127. The first-order chi connectivity index (χ1) is 15.8. The highest BCUT2D eigenvalue weighted by Gasteiger charge is 2.43. The van der Waals surface area contributed by atoms with Gasteiger partial charge in [-0.2, -0.15) is 0 Å². The number of hydrogen-bond donors (Lipinski definition) is 2. The van der Waals surface area contributed by atoms with Crippen LogP contribution in [0.25, 0.3) is 5.65 Å². The van der Waals surface area contributed by atoms with Crippen molar-refractivity contribution in [2.45, 2.75) is 63.5 Å². The molecule has 8 heteroatoms. The Balaban J connectivity index is 0.00000259. The van der Waals surface area contributed by atoms with E-state index in [0.29, 0.717) is 0 Å². The monoisotopic (exact) mass is 560 g/mol. The van der Waals surface area contributed by atoms with Gasteiger partial charge in [-0.3, -0.25) is 9.39 Å². The van der Waals surface area contributed by atoms with Gasteiger partial charge in [0.05, 0.1) is 6.04 Å². The Bertz CT molecular complexity index is 1090. The lowest BCUT2D eigenvalue weighted by atomic mass is 9.86. The molecule has 7 nitrogen and oxygen atoms in total. The SMILES string of the molecule is CCNC(=NCCCc1nnc2ccccn12)NC1CC2(CCCC2)Oc2ccccc21.I. The molecule has 1 spiro atoms. The molecule has 1 aromatic carbocycles. The molecular weight excluding hydrogens is 527 g/mol. The summed E-state index contributed by atoms with van der Waals surface area (Å²) in [6.07, 6.45) is 9.54. The van der Waals surface area contributed by atoms with Crippen LogP contribution >= 0.6 is 24.0 Å². The molecule has 2 N–H and O–H groups in total. The summed E-state index contributed by atoms with van der Waals surface area (Å²) in [5, 5.41) is 15.7. The predicted molar refractivity (Wildman–Crippen MR) is 141 cm³/mol. The fourth-order valence-corrected chi connectivity index (χ4v) is 5.05. The van der Waals surface area contributed by atoms with Gasteiger partial charge in [-0.25, -0.2) is 0 Å². The van der Waals surface area contributed by atoms with Crippen molar-refractivity contribution in [3.8, 4) is 5.75 Å². The van der Waals surface area contributed by atoms with Crippen LogP contribution in [0.1, 0.15) is 62.9 Å². The lowest BCUT2D eigenvalue weighted by Crippen LogP contribution is -2.46. The van der Waals surface area contributed by atoms with E-state index in [2.05, 4.69) is 52.0 Å². The van der Waals surface area contributed by atoms with Crippen molar-refractivity contribution in [1.29, 1.82) is 0 Å². The van der Waals surface area contributed by atoms with E-state index < -0.39 is 0 Å². The smallest absolute Gasteiger partial charge is 0.191 e. The molecule has 5 rings (SSSR count). The molecule has 176 valence electrons. The zero-order valence-corrected chi connectivity index (χ0v) is 21.5. The topological polar surface area (TPSA) is 75.8 Å². The lowest BCUT2D eigenvalue weighted by molar-refractivity contribution is 0.0396. The molecule has 2 aromatic heterocycles. The van der Waals surface area contributed by atoms with Crippen LogP contribution in [0, 0.1) is 0 Å². The van der Waals surface area contributed by atoms with E-state index in [0.717, 1.165) is 68.4 Å². The van der Waals surface area contributed by atoms with Crippen LogP contribution < -0.4 is 15.4 Å². The van der Waals surface area contributed by atoms with Crippen LogP contribution in [0.3, 0.4) is 0 Å². The Morgan fingerprint density at radius 1 is 1.15 bits per heavy atom. The first-order valence-corrected chi connectivity index (χ1v) is 11.9. The van der Waals surface area contributed by atoms with Gasteiger partial charge in [0.15, 0.2) is 11.6 Å². The van der Waals surface area contributed by atoms with E-state index in [1.54, 1.807) is 0 Å². The molecule has 1 atom stereocenters. The summed E-state index contributed by atoms with van der Waals surface area (Å²) in [6.45, 7) is 3.67. The summed E-state index contributed by atoms with van der Waals surface area (Å²) >= 11 is 0. The molecule has 2 aliphatic rings. The van der Waals surface area contributed by atoms with E-state index in [9.17, 15) is 0 Å². The minimum atomic E-state index is -0.0297. The van der Waals surface area contributed by atoms with Crippen molar-refractivity contribution in [3.63, 3.8) is 0 Å². The van der Waals surface area contributed by atoms with E-state index >= 15 is 0 Å². The molecule has 0 saturated heterocycles. The summed E-state index contributed by atoms with van der Waals surface area (Å²) in [4.78, 5) is 4.87. The zero-order chi connectivity index (χ0) is 21.8. The number of rotatable bonds is 6. The maximum absolute atomic E-state index is 6.51. The van der Waals surface area contributed by atoms with Gasteiger partial charge in [0, 0.05) is 37.7 Å². The summed E-state index contributed by atoms with van der Waals surface area (Å²) < 4.78 is 8.56. The number of guanidine groups is 1. The van der Waals surface area contributed by atoms with Gasteiger partial charge < -0.3 is 15.4 Å². The van der Waals surface area contributed by atoms with Crippen molar-refractivity contribution < 1.29 is 4.74 Å². The van der Waals surface area contributed by atoms with Gasteiger partial charge in [0.1, 0.15) is 17.2 Å². The van der Waals surface area contributed by atoms with E-state index in [-0.39, 0.29) is 35.6 Å². The Hall–Kier alpha value is -2.36. The highest BCUT2D eigenvalue weighted by molar-refractivity contribution is 14.0. The third-order valence-corrected chi connectivity index (χ3v) is 6.58. The molecule has 1 fully saturated rings. The molecule has 0 amide bonds. The molecule has 0 radical (unpaired) electrons. The van der Waals surface area contributed by atoms with Crippen LogP contribution in [0.4, 0.5) is 0 Å². The van der Waals surface area contributed by atoms with Gasteiger partial charge >= 0.3 is 0 Å². The molecule has 3 heterocycles. The Kier molecular flexibility index (Phi) is 7.72. The molecule has 1 saturated carbocycles. The Morgan fingerprint density at radius 2 is 1.97 bits per heavy atom. The first-order valence-electron chi connectivity index (χ1n) is 11.9. The van der Waals surface area contributed by atoms with Gasteiger partial charge in [-0.15, -0.1) is 34.2 Å². The van der Waals surface area contributed by atoms with Crippen molar-refractivity contribution in [3.05, 3.63) is 60.0 Å². The van der Waals surface area contributed by atoms with Crippen LogP contribution in [0.15, 0.2) is 53.7 Å². The van der Waals surface area contributed by atoms with Crippen molar-refractivity contribution in [2.24, 2.45) is 4.99 Å². The zero-order valence-electron chi connectivity index (χ0n) is 19.2. The van der Waals surface area contributed by atoms with Crippen molar-refractivity contribution in [2.75, 3.05) is 13.1 Å². The number of ether oxygens (including phenoxy) is 1. The summed E-state index contributed by atoms with van der Waals surface area (Å²) in [5.41, 5.74) is 2.09. The summed E-state index contributed by atoms with van der Waals surface area (Å²) in [5.74, 6) is 2.87. The minimum absolute atomic E-state index is 0. The number of fused-ring (bicyclic) bond motifs is 2. The number of aryl methyl sites for hydroxylation is 1. The maximum atomic E-state index is 6.51. The van der Waals surface area contributed by atoms with E-state index in [1.807, 2.05) is 28.8 Å². The van der Waals surface area contributed by atoms with Gasteiger partial charge in [0.25, 0.3) is 0 Å². The summed E-state index contributed by atoms with van der Waals surface area (Å²) in [6, 6.07) is 14.6. The number of pyridine rings is 1. The normalized spacial score (nSPS) is 19.1. The number of hydrogen-bond acceptors (Lipinski definition) is 4. The molecule has 0 bridgehead atoms. The average Bonchev–Trinajstić information content (AvgIpc) is 3.44. The number of aromatic nitrogens is 3. The van der Waals surface area contributed by atoms with Crippen molar-refractivity contribution in [1.82, 2.24) is 25.2 Å². The van der Waals surface area contributed by atoms with Crippen molar-refractivity contribution >= 4 is 35.6 Å². The number of aliphatic imine (C=N–C) groups is 1. The lowest BCUT2D eigenvalue weighted by Gasteiger charge is -2.40. The molecular formula is C25H33IN6O. The standard InChI is InChI=1S/C25H32N6O.HI/c1-2-26-24(27-16-9-13-23-30-29-22-12-5-8-17-31(22)23)28-20-18-25(14-6-7-15-25)32-21-11-4-3-10-19(20)21;/h3-5,8,10-12,17,20H,2,6-7,9,13-16,18H2,1H3,(H2,26,27,28);1H. The Morgan fingerprint density at radius 3 is 2.82 bits per heavy atom. The number of nitrogens with one attached hydrogen (secondary N) is 2. The van der Waals surface area contributed by atoms with Crippen LogP contribution in [0.2, 0.25) is 0 Å². The van der Waals surface area contributed by atoms with Gasteiger partial charge in [-0.05, 0) is 57.2 Å². The highest BCUT2D eigenvalue weighted by Crippen LogP contribution is 2.46. The van der Waals surface area contributed by atoms with Gasteiger partial charge in [-0.1, -0.05) is 24.3 Å². The maximum Gasteiger partial charge on any atom is 0.191 e. The fourth-order valence-electron chi connectivity index (χ4n) is 5.05. The second kappa shape index (κ2) is 10.7. The molecule has 1 aliphatic heterocycles. The van der Waals surface area contributed by atoms with E-state index in [1.165, 1.54) is 18.4 Å². The molecule has 33 heavy (non-hydrogen) atoms. The number of nitrogens with zero attached hydrogens (tertiary/aromatic N) is 4.